The van der Waals surface area contributed by atoms with Gasteiger partial charge in [0.05, 0.1) is 4.92 Å². The first-order valence-electron chi connectivity index (χ1n) is 7.46. The molecule has 1 heterocycles. The van der Waals surface area contributed by atoms with Crippen LogP contribution in [0.1, 0.15) is 19.3 Å². The molecule has 4 unspecified atom stereocenters. The molecule has 3 rings (SSSR count). The summed E-state index contributed by atoms with van der Waals surface area (Å²) in [6, 6.07) is 4.84. The van der Waals surface area contributed by atoms with E-state index in [1.807, 2.05) is 0 Å². The number of nitro benzene ring substituents is 1. The molecule has 4 atom stereocenters. The van der Waals surface area contributed by atoms with Crippen LogP contribution in [0.4, 0.5) is 11.4 Å². The van der Waals surface area contributed by atoms with Crippen molar-refractivity contribution < 1.29 is 9.72 Å². The highest BCUT2D eigenvalue weighted by Crippen LogP contribution is 2.34. The van der Waals surface area contributed by atoms with Gasteiger partial charge in [0.25, 0.3) is 5.69 Å². The molecule has 1 aliphatic heterocycles. The molecule has 1 saturated heterocycles. The second-order valence-electron chi connectivity index (χ2n) is 6.01. The number of hydrogen-bond donors (Lipinski definition) is 4. The van der Waals surface area contributed by atoms with E-state index >= 15 is 0 Å². The van der Waals surface area contributed by atoms with Gasteiger partial charge in [0.15, 0.2) is 0 Å². The summed E-state index contributed by atoms with van der Waals surface area (Å²) in [7, 11) is 0. The molecule has 1 aliphatic carbocycles. The molecule has 1 aromatic rings. The minimum atomic E-state index is -0.399. The average molecular weight is 384 g/mol. The second kappa shape index (κ2) is 6.42. The van der Waals surface area contributed by atoms with Crippen molar-refractivity contribution in [1.82, 2.24) is 10.9 Å². The minimum Gasteiger partial charge on any atom is -0.377 e. The zero-order valence-corrected chi connectivity index (χ0v) is 13.9. The number of amides is 1. The lowest BCUT2D eigenvalue weighted by molar-refractivity contribution is -0.384. The first kappa shape index (κ1) is 16.2. The molecule has 1 aromatic carbocycles. The number of primary amides is 1. The third-order valence-electron chi connectivity index (χ3n) is 4.57. The Kier molecular flexibility index (Phi) is 4.51. The molecule has 5 N–H and O–H groups in total. The van der Waals surface area contributed by atoms with Crippen molar-refractivity contribution >= 4 is 33.2 Å². The van der Waals surface area contributed by atoms with Gasteiger partial charge in [-0.1, -0.05) is 15.9 Å². The summed E-state index contributed by atoms with van der Waals surface area (Å²) in [5.74, 6) is -0.284. The summed E-state index contributed by atoms with van der Waals surface area (Å²) in [6.45, 7) is 0. The van der Waals surface area contributed by atoms with Crippen molar-refractivity contribution in [3.05, 3.63) is 32.8 Å². The summed E-state index contributed by atoms with van der Waals surface area (Å²) in [6.07, 6.45) is 2.48. The van der Waals surface area contributed by atoms with Gasteiger partial charge >= 0.3 is 0 Å². The van der Waals surface area contributed by atoms with Crippen LogP contribution in [-0.4, -0.2) is 29.0 Å². The van der Waals surface area contributed by atoms with Gasteiger partial charge in [0, 0.05) is 28.5 Å². The van der Waals surface area contributed by atoms with E-state index in [1.54, 1.807) is 12.1 Å². The molecule has 0 spiro atoms. The summed E-state index contributed by atoms with van der Waals surface area (Å²) >= 11 is 3.25. The van der Waals surface area contributed by atoms with Crippen molar-refractivity contribution in [2.75, 3.05) is 5.32 Å². The predicted molar refractivity (Wildman–Crippen MR) is 88.6 cm³/mol. The maximum atomic E-state index is 11.5. The van der Waals surface area contributed by atoms with Crippen LogP contribution >= 0.6 is 15.9 Å². The Morgan fingerprint density at radius 2 is 2.17 bits per heavy atom. The maximum Gasteiger partial charge on any atom is 0.293 e. The molecule has 0 bridgehead atoms. The lowest BCUT2D eigenvalue weighted by atomic mass is 9.79. The van der Waals surface area contributed by atoms with Gasteiger partial charge < -0.3 is 11.1 Å². The van der Waals surface area contributed by atoms with Gasteiger partial charge in [0.2, 0.25) is 5.91 Å². The fourth-order valence-corrected chi connectivity index (χ4v) is 3.82. The normalized spacial score (nSPS) is 29.8. The van der Waals surface area contributed by atoms with E-state index in [-0.39, 0.29) is 29.6 Å². The van der Waals surface area contributed by atoms with E-state index in [1.165, 1.54) is 6.07 Å². The Labute approximate surface area is 141 Å². The number of carbonyl (C=O) groups is 1. The van der Waals surface area contributed by atoms with Crippen LogP contribution in [0.25, 0.3) is 0 Å². The average Bonchev–Trinajstić information content (AvgIpc) is 2.92. The Hall–Kier alpha value is -1.71. The van der Waals surface area contributed by atoms with Gasteiger partial charge in [-0.25, -0.2) is 5.43 Å². The molecule has 9 heteroatoms. The van der Waals surface area contributed by atoms with Crippen LogP contribution < -0.4 is 21.9 Å². The summed E-state index contributed by atoms with van der Waals surface area (Å²) in [5.41, 5.74) is 12.0. The molecule has 2 aliphatic rings. The number of hydrogen-bond acceptors (Lipinski definition) is 6. The minimum absolute atomic E-state index is 0.0376. The molecule has 2 fully saturated rings. The number of nitrogens with zero attached hydrogens (tertiary/aromatic N) is 1. The topological polar surface area (TPSA) is 122 Å². The Morgan fingerprint density at radius 1 is 1.39 bits per heavy atom. The lowest BCUT2D eigenvalue weighted by Crippen LogP contribution is -2.44. The molecule has 23 heavy (non-hydrogen) atoms. The number of rotatable bonds is 4. The zero-order valence-electron chi connectivity index (χ0n) is 12.3. The van der Waals surface area contributed by atoms with Crippen LogP contribution in [0.3, 0.4) is 0 Å². The number of nitrogens with one attached hydrogen (secondary N) is 3. The number of nitrogens with two attached hydrogens (primary N) is 1. The van der Waals surface area contributed by atoms with Crippen molar-refractivity contribution in [2.24, 2.45) is 11.7 Å². The molecule has 124 valence electrons. The van der Waals surface area contributed by atoms with Crippen LogP contribution in [-0.2, 0) is 4.79 Å². The van der Waals surface area contributed by atoms with Gasteiger partial charge in [-0.3, -0.25) is 20.3 Å². The fraction of sp³-hybridized carbons (Fsp3) is 0.500. The number of fused-ring (bicyclic) bond motifs is 1. The number of hydrazine groups is 1. The Bertz CT molecular complexity index is 641. The number of nitro groups is 1. The summed E-state index contributed by atoms with van der Waals surface area (Å²) in [5, 5.41) is 14.5. The lowest BCUT2D eigenvalue weighted by Gasteiger charge is -2.33. The highest BCUT2D eigenvalue weighted by Gasteiger charge is 2.43. The van der Waals surface area contributed by atoms with E-state index in [9.17, 15) is 14.9 Å². The number of halogens is 1. The molecular formula is C14H18BrN5O3. The van der Waals surface area contributed by atoms with Crippen LogP contribution in [0.2, 0.25) is 0 Å². The molecule has 1 saturated carbocycles. The van der Waals surface area contributed by atoms with Gasteiger partial charge in [0.1, 0.15) is 11.7 Å². The zero-order chi connectivity index (χ0) is 16.6. The van der Waals surface area contributed by atoms with E-state index in [2.05, 4.69) is 32.1 Å². The highest BCUT2D eigenvalue weighted by molar-refractivity contribution is 9.10. The van der Waals surface area contributed by atoms with Crippen LogP contribution in [0.15, 0.2) is 22.7 Å². The Balaban J connectivity index is 1.74. The monoisotopic (exact) mass is 383 g/mol. The largest absolute Gasteiger partial charge is 0.377 e. The van der Waals surface area contributed by atoms with Crippen LogP contribution in [0.5, 0.6) is 0 Å². The third kappa shape index (κ3) is 3.31. The Morgan fingerprint density at radius 3 is 2.87 bits per heavy atom. The molecule has 1 amide bonds. The molecule has 0 radical (unpaired) electrons. The highest BCUT2D eigenvalue weighted by atomic mass is 79.9. The third-order valence-corrected chi connectivity index (χ3v) is 5.07. The molecule has 0 aromatic heterocycles. The van der Waals surface area contributed by atoms with Crippen molar-refractivity contribution in [3.8, 4) is 0 Å². The quantitative estimate of drug-likeness (QED) is 0.458. The van der Waals surface area contributed by atoms with Crippen molar-refractivity contribution in [1.29, 1.82) is 0 Å². The molecule has 8 nitrogen and oxygen atoms in total. The smallest absolute Gasteiger partial charge is 0.293 e. The van der Waals surface area contributed by atoms with E-state index in [4.69, 9.17) is 5.73 Å². The van der Waals surface area contributed by atoms with Gasteiger partial charge in [-0.15, -0.1) is 0 Å². The number of benzene rings is 1. The number of carbonyl (C=O) groups excluding carboxylic acids is 1. The van der Waals surface area contributed by atoms with E-state index in [0.29, 0.717) is 10.2 Å². The summed E-state index contributed by atoms with van der Waals surface area (Å²) in [4.78, 5) is 22.3. The van der Waals surface area contributed by atoms with Gasteiger partial charge in [-0.2, -0.15) is 0 Å². The fourth-order valence-electron chi connectivity index (χ4n) is 3.47. The van der Waals surface area contributed by atoms with Crippen LogP contribution in [0, 0.1) is 16.0 Å². The first-order chi connectivity index (χ1) is 11.0. The van der Waals surface area contributed by atoms with E-state index in [0.717, 1.165) is 19.3 Å². The first-order valence-corrected chi connectivity index (χ1v) is 8.26. The molecular weight excluding hydrogens is 366 g/mol. The second-order valence-corrected chi connectivity index (χ2v) is 6.93. The number of anilines is 1. The maximum absolute atomic E-state index is 11.5. The summed E-state index contributed by atoms with van der Waals surface area (Å²) < 4.78 is 0.663. The van der Waals surface area contributed by atoms with Crippen molar-refractivity contribution in [3.63, 3.8) is 0 Å². The van der Waals surface area contributed by atoms with Gasteiger partial charge in [-0.05, 0) is 31.4 Å². The predicted octanol–water partition coefficient (Wildman–Crippen LogP) is 1.27. The van der Waals surface area contributed by atoms with E-state index < -0.39 is 11.0 Å². The standard InChI is InChI=1S/C14H18BrN5O3/c15-7-1-3-11(12(5-7)20(22)23)17-8-2-4-10-9(6-8)13(14(16)21)19-18-10/h1,3,5,8-10,13,17-19H,2,4,6H2,(H2,16,21). The van der Waals surface area contributed by atoms with Crippen molar-refractivity contribution in [2.45, 2.75) is 37.4 Å². The SMILES string of the molecule is NC(=O)C1NNC2CCC(Nc3ccc(Br)cc3[N+](=O)[O-])CC21.